The third-order valence-electron chi connectivity index (χ3n) is 5.10. The smallest absolute Gasteiger partial charge is 0.346 e. The second-order valence-corrected chi connectivity index (χ2v) is 7.37. The number of nitro benzene ring substituents is 1. The first kappa shape index (κ1) is 25.0. The van der Waals surface area contributed by atoms with Crippen LogP contribution in [0.2, 0.25) is 0 Å². The van der Waals surface area contributed by atoms with Crippen LogP contribution in [0.4, 0.5) is 11.4 Å². The second kappa shape index (κ2) is 11.0. The minimum absolute atomic E-state index is 0.0691. The largest absolute Gasteiger partial charge is 0.495 e. The van der Waals surface area contributed by atoms with E-state index in [2.05, 4.69) is 5.32 Å². The highest BCUT2D eigenvalue weighted by Gasteiger charge is 2.31. The minimum atomic E-state index is -1.42. The summed E-state index contributed by atoms with van der Waals surface area (Å²) in [4.78, 5) is 37.3. The van der Waals surface area contributed by atoms with Crippen LogP contribution in [0, 0.1) is 17.0 Å². The van der Waals surface area contributed by atoms with Gasteiger partial charge in [0.1, 0.15) is 11.3 Å². The van der Waals surface area contributed by atoms with Crippen LogP contribution in [0.3, 0.4) is 0 Å². The Kier molecular flexibility index (Phi) is 7.88. The Morgan fingerprint density at radius 2 is 1.51 bits per heavy atom. The van der Waals surface area contributed by atoms with Crippen LogP contribution in [0.1, 0.15) is 27.6 Å². The first-order valence-corrected chi connectivity index (χ1v) is 10.4. The summed E-state index contributed by atoms with van der Waals surface area (Å²) in [5.41, 5.74) is 0.671. The Morgan fingerprint density at radius 1 is 0.886 bits per heavy atom. The fraction of sp³-hybridized carbons (Fsp3) is 0.200. The lowest BCUT2D eigenvalue weighted by molar-refractivity contribution is -0.385. The zero-order valence-corrected chi connectivity index (χ0v) is 19.6. The van der Waals surface area contributed by atoms with Crippen LogP contribution in [0.15, 0.2) is 60.7 Å². The number of methoxy groups -OCH3 is 3. The number of aryl methyl sites for hydroxylation is 1. The number of ether oxygens (including phenoxy) is 4. The molecule has 1 atom stereocenters. The molecule has 182 valence electrons. The molecule has 35 heavy (non-hydrogen) atoms. The number of nitro groups is 1. The summed E-state index contributed by atoms with van der Waals surface area (Å²) in [5.74, 6) is -1.18. The molecular weight excluding hydrogens is 456 g/mol. The van der Waals surface area contributed by atoms with Crippen molar-refractivity contribution in [3.63, 3.8) is 0 Å². The summed E-state index contributed by atoms with van der Waals surface area (Å²) in [5, 5.41) is 14.4. The van der Waals surface area contributed by atoms with Crippen molar-refractivity contribution in [1.82, 2.24) is 0 Å². The van der Waals surface area contributed by atoms with Gasteiger partial charge in [0.25, 0.3) is 11.6 Å². The Balaban J connectivity index is 2.00. The number of esters is 1. The van der Waals surface area contributed by atoms with Gasteiger partial charge < -0.3 is 24.3 Å². The van der Waals surface area contributed by atoms with Crippen molar-refractivity contribution in [2.24, 2.45) is 0 Å². The molecule has 0 aromatic heterocycles. The van der Waals surface area contributed by atoms with E-state index in [1.54, 1.807) is 42.5 Å². The minimum Gasteiger partial charge on any atom is -0.495 e. The van der Waals surface area contributed by atoms with Crippen molar-refractivity contribution < 1.29 is 33.5 Å². The number of hydrogen-bond acceptors (Lipinski definition) is 8. The number of carbonyl (C=O) groups is 2. The molecule has 0 fully saturated rings. The van der Waals surface area contributed by atoms with Crippen molar-refractivity contribution in [3.05, 3.63) is 87.5 Å². The van der Waals surface area contributed by atoms with Gasteiger partial charge in [0.2, 0.25) is 6.10 Å². The molecule has 0 saturated heterocycles. The fourth-order valence-electron chi connectivity index (χ4n) is 3.37. The van der Waals surface area contributed by atoms with Crippen LogP contribution in [-0.2, 0) is 9.53 Å². The van der Waals surface area contributed by atoms with E-state index in [4.69, 9.17) is 18.9 Å². The van der Waals surface area contributed by atoms with Gasteiger partial charge in [0.05, 0.1) is 38.0 Å². The van der Waals surface area contributed by atoms with Crippen LogP contribution in [-0.4, -0.2) is 38.1 Å². The highest BCUT2D eigenvalue weighted by molar-refractivity contribution is 6.00. The molecule has 0 heterocycles. The lowest BCUT2D eigenvalue weighted by Crippen LogP contribution is -2.26. The molecule has 0 bridgehead atoms. The SMILES string of the molecule is COc1ccc(C)cc1NC(=O)C(OC(=O)c1cc(OC)c(OC)cc1[N+](=O)[O-])c1ccccc1. The topological polar surface area (TPSA) is 126 Å². The quantitative estimate of drug-likeness (QED) is 0.270. The van der Waals surface area contributed by atoms with Gasteiger partial charge in [-0.1, -0.05) is 36.4 Å². The Morgan fingerprint density at radius 3 is 2.11 bits per heavy atom. The summed E-state index contributed by atoms with van der Waals surface area (Å²) < 4.78 is 21.1. The van der Waals surface area contributed by atoms with Gasteiger partial charge in [0.15, 0.2) is 11.5 Å². The average Bonchev–Trinajstić information content (AvgIpc) is 2.86. The Labute approximate surface area is 201 Å². The maximum absolute atomic E-state index is 13.3. The molecule has 3 aromatic carbocycles. The number of amides is 1. The van der Waals surface area contributed by atoms with Crippen molar-refractivity contribution in [2.45, 2.75) is 13.0 Å². The zero-order valence-electron chi connectivity index (χ0n) is 19.6. The molecule has 3 aromatic rings. The van der Waals surface area contributed by atoms with Gasteiger partial charge in [-0.25, -0.2) is 4.79 Å². The Bertz CT molecular complexity index is 1240. The first-order valence-electron chi connectivity index (χ1n) is 10.4. The van der Waals surface area contributed by atoms with Gasteiger partial charge in [-0.05, 0) is 24.6 Å². The number of carbonyl (C=O) groups excluding carboxylic acids is 2. The summed E-state index contributed by atoms with van der Waals surface area (Å²) >= 11 is 0. The zero-order chi connectivity index (χ0) is 25.5. The van der Waals surface area contributed by atoms with Crippen molar-refractivity contribution in [2.75, 3.05) is 26.6 Å². The van der Waals surface area contributed by atoms with E-state index in [1.807, 2.05) is 13.0 Å². The molecular formula is C25H24N2O8. The predicted molar refractivity (Wildman–Crippen MR) is 127 cm³/mol. The van der Waals surface area contributed by atoms with Gasteiger partial charge in [-0.15, -0.1) is 0 Å². The van der Waals surface area contributed by atoms with Crippen LogP contribution < -0.4 is 19.5 Å². The molecule has 10 nitrogen and oxygen atoms in total. The second-order valence-electron chi connectivity index (χ2n) is 7.37. The lowest BCUT2D eigenvalue weighted by Gasteiger charge is -2.19. The summed E-state index contributed by atoms with van der Waals surface area (Å²) in [6.07, 6.45) is -1.42. The maximum Gasteiger partial charge on any atom is 0.346 e. The molecule has 0 aliphatic carbocycles. The molecule has 0 spiro atoms. The Hall–Kier alpha value is -4.60. The van der Waals surface area contributed by atoms with E-state index in [0.29, 0.717) is 17.0 Å². The van der Waals surface area contributed by atoms with Crippen molar-refractivity contribution in [3.8, 4) is 17.2 Å². The average molecular weight is 480 g/mol. The monoisotopic (exact) mass is 480 g/mol. The molecule has 1 unspecified atom stereocenters. The molecule has 1 amide bonds. The summed E-state index contributed by atoms with van der Waals surface area (Å²) in [6, 6.07) is 15.7. The summed E-state index contributed by atoms with van der Waals surface area (Å²) in [6.45, 7) is 1.85. The van der Waals surface area contributed by atoms with Crippen molar-refractivity contribution >= 4 is 23.3 Å². The van der Waals surface area contributed by atoms with E-state index >= 15 is 0 Å². The van der Waals surface area contributed by atoms with Gasteiger partial charge in [-0.2, -0.15) is 0 Å². The van der Waals surface area contributed by atoms with E-state index < -0.39 is 34.2 Å². The third-order valence-corrected chi connectivity index (χ3v) is 5.10. The number of nitrogens with zero attached hydrogens (tertiary/aromatic N) is 1. The molecule has 10 heteroatoms. The fourth-order valence-corrected chi connectivity index (χ4v) is 3.37. The first-order chi connectivity index (χ1) is 16.8. The number of rotatable bonds is 9. The van der Waals surface area contributed by atoms with Gasteiger partial charge >= 0.3 is 5.97 Å². The van der Waals surface area contributed by atoms with E-state index in [1.165, 1.54) is 21.3 Å². The molecule has 0 saturated carbocycles. The van der Waals surface area contributed by atoms with Gasteiger partial charge in [0, 0.05) is 11.6 Å². The molecule has 0 radical (unpaired) electrons. The van der Waals surface area contributed by atoms with Gasteiger partial charge in [-0.3, -0.25) is 14.9 Å². The standard InChI is InChI=1S/C25H24N2O8/c1-15-10-11-20(32-2)18(12-15)26-24(28)23(16-8-6-5-7-9-16)35-25(29)17-13-21(33-3)22(34-4)14-19(17)27(30)31/h5-14,23H,1-4H3,(H,26,28). The number of hydrogen-bond donors (Lipinski definition) is 1. The van der Waals surface area contributed by atoms with E-state index in [0.717, 1.165) is 17.7 Å². The number of benzene rings is 3. The highest BCUT2D eigenvalue weighted by atomic mass is 16.6. The highest BCUT2D eigenvalue weighted by Crippen LogP contribution is 2.36. The molecule has 3 rings (SSSR count). The van der Waals surface area contributed by atoms with E-state index in [9.17, 15) is 19.7 Å². The van der Waals surface area contributed by atoms with Crippen LogP contribution >= 0.6 is 0 Å². The molecule has 0 aliphatic rings. The number of anilines is 1. The molecule has 0 aliphatic heterocycles. The van der Waals surface area contributed by atoms with Crippen molar-refractivity contribution in [1.29, 1.82) is 0 Å². The molecule has 1 N–H and O–H groups in total. The van der Waals surface area contributed by atoms with E-state index in [-0.39, 0.29) is 11.5 Å². The predicted octanol–water partition coefficient (Wildman–Crippen LogP) is 4.47. The third kappa shape index (κ3) is 5.67. The van der Waals surface area contributed by atoms with Crippen LogP contribution in [0.5, 0.6) is 17.2 Å². The maximum atomic E-state index is 13.3. The normalized spacial score (nSPS) is 11.2. The number of nitrogens with one attached hydrogen (secondary N) is 1. The van der Waals surface area contributed by atoms with Crippen LogP contribution in [0.25, 0.3) is 0 Å². The summed E-state index contributed by atoms with van der Waals surface area (Å²) in [7, 11) is 4.11. The lowest BCUT2D eigenvalue weighted by atomic mass is 10.1.